The van der Waals surface area contributed by atoms with Gasteiger partial charge in [0, 0.05) is 31.8 Å². The molecule has 2 aliphatic rings. The number of nitrogens with one attached hydrogen (secondary N) is 1. The monoisotopic (exact) mass is 272 g/mol. The second kappa shape index (κ2) is 4.19. The van der Waals surface area contributed by atoms with Crippen LogP contribution in [0.5, 0.6) is 0 Å². The molecule has 2 fully saturated rings. The highest BCUT2D eigenvalue weighted by Crippen LogP contribution is 2.41. The Morgan fingerprint density at radius 1 is 1.45 bits per heavy atom. The first kappa shape index (κ1) is 12.1. The third kappa shape index (κ3) is 1.80. The van der Waals surface area contributed by atoms with Gasteiger partial charge < -0.3 is 10.1 Å². The van der Waals surface area contributed by atoms with Crippen molar-refractivity contribution in [2.45, 2.75) is 50.2 Å². The Morgan fingerprint density at radius 3 is 2.95 bits per heavy atom. The van der Waals surface area contributed by atoms with E-state index in [1.54, 1.807) is 13.3 Å². The van der Waals surface area contributed by atoms with Gasteiger partial charge in [-0.15, -0.1) is 0 Å². The molecule has 2 saturated carbocycles. The number of anilines is 1. The van der Waals surface area contributed by atoms with Crippen LogP contribution in [0.15, 0.2) is 18.5 Å². The van der Waals surface area contributed by atoms with Crippen LogP contribution in [0.25, 0.3) is 5.52 Å². The predicted molar refractivity (Wildman–Crippen MR) is 77.0 cm³/mol. The molecular formula is C15H20N4O. The first-order chi connectivity index (χ1) is 9.69. The number of fused-ring (bicyclic) bond motifs is 1. The van der Waals surface area contributed by atoms with E-state index in [2.05, 4.69) is 28.4 Å². The van der Waals surface area contributed by atoms with Crippen molar-refractivity contribution in [3.63, 3.8) is 0 Å². The van der Waals surface area contributed by atoms with E-state index in [-0.39, 0.29) is 5.60 Å². The van der Waals surface area contributed by atoms with Gasteiger partial charge in [-0.25, -0.2) is 9.50 Å². The lowest BCUT2D eigenvalue weighted by Gasteiger charge is -2.22. The molecule has 0 bridgehead atoms. The highest BCUT2D eigenvalue weighted by molar-refractivity contribution is 5.69. The molecular weight excluding hydrogens is 252 g/mol. The maximum absolute atomic E-state index is 5.50. The van der Waals surface area contributed by atoms with Gasteiger partial charge in [-0.2, -0.15) is 5.10 Å². The molecule has 2 atom stereocenters. The van der Waals surface area contributed by atoms with E-state index < -0.39 is 0 Å². The summed E-state index contributed by atoms with van der Waals surface area (Å²) in [7, 11) is 1.77. The summed E-state index contributed by atoms with van der Waals surface area (Å²) in [6, 6.07) is 2.53. The second-order valence-corrected chi connectivity index (χ2v) is 6.22. The summed E-state index contributed by atoms with van der Waals surface area (Å²) in [4.78, 5) is 4.48. The summed E-state index contributed by atoms with van der Waals surface area (Å²) in [5.41, 5.74) is 2.23. The van der Waals surface area contributed by atoms with E-state index in [4.69, 9.17) is 4.74 Å². The topological polar surface area (TPSA) is 51.5 Å². The predicted octanol–water partition coefficient (Wildman–Crippen LogP) is 2.59. The largest absolute Gasteiger partial charge is 0.376 e. The molecule has 0 saturated heterocycles. The van der Waals surface area contributed by atoms with Gasteiger partial charge in [0.2, 0.25) is 0 Å². The smallest absolute Gasteiger partial charge is 0.152 e. The Balaban J connectivity index is 1.64. The molecule has 0 spiro atoms. The summed E-state index contributed by atoms with van der Waals surface area (Å²) in [6.07, 6.45) is 8.62. The highest BCUT2D eigenvalue weighted by atomic mass is 16.5. The van der Waals surface area contributed by atoms with Crippen LogP contribution in [-0.4, -0.2) is 33.4 Å². The molecule has 0 amide bonds. The normalized spacial score (nSPS) is 29.4. The van der Waals surface area contributed by atoms with Gasteiger partial charge >= 0.3 is 0 Å². The van der Waals surface area contributed by atoms with Gasteiger partial charge in [-0.1, -0.05) is 6.42 Å². The van der Waals surface area contributed by atoms with Gasteiger partial charge in [-0.05, 0) is 25.8 Å². The van der Waals surface area contributed by atoms with Gasteiger partial charge in [0.05, 0.1) is 17.3 Å². The minimum Gasteiger partial charge on any atom is -0.376 e. The number of methoxy groups -OCH3 is 1. The quantitative estimate of drug-likeness (QED) is 0.929. The van der Waals surface area contributed by atoms with Crippen LogP contribution in [0.4, 0.5) is 5.82 Å². The van der Waals surface area contributed by atoms with Gasteiger partial charge in [-0.3, -0.25) is 0 Å². The van der Waals surface area contributed by atoms with Crippen molar-refractivity contribution in [3.8, 4) is 0 Å². The van der Waals surface area contributed by atoms with Crippen molar-refractivity contribution in [2.75, 3.05) is 12.4 Å². The summed E-state index contributed by atoms with van der Waals surface area (Å²) in [5.74, 6) is 1.56. The molecule has 20 heavy (non-hydrogen) atoms. The minimum atomic E-state index is -0.0503. The number of hydrogen-bond donors (Lipinski definition) is 1. The van der Waals surface area contributed by atoms with Gasteiger partial charge in [0.1, 0.15) is 5.52 Å². The lowest BCUT2D eigenvalue weighted by molar-refractivity contribution is 0.0936. The lowest BCUT2D eigenvalue weighted by atomic mass is 9.83. The van der Waals surface area contributed by atoms with E-state index in [1.807, 2.05) is 10.7 Å². The van der Waals surface area contributed by atoms with E-state index in [9.17, 15) is 0 Å². The molecule has 0 unspecified atom stereocenters. The van der Waals surface area contributed by atoms with E-state index in [0.29, 0.717) is 12.0 Å². The molecule has 5 heteroatoms. The van der Waals surface area contributed by atoms with Crippen LogP contribution < -0.4 is 5.32 Å². The van der Waals surface area contributed by atoms with Crippen molar-refractivity contribution in [2.24, 2.45) is 0 Å². The van der Waals surface area contributed by atoms with Crippen LogP contribution >= 0.6 is 0 Å². The maximum atomic E-state index is 5.50. The fraction of sp³-hybridized carbons (Fsp3) is 0.600. The SMILES string of the molecule is CO[C@@]1(C)C[C@H]1Nc1nccn2nc(C3CCC3)cc12. The Labute approximate surface area is 118 Å². The molecule has 4 rings (SSSR count). The zero-order valence-corrected chi connectivity index (χ0v) is 12.0. The highest BCUT2D eigenvalue weighted by Gasteiger charge is 2.51. The average molecular weight is 272 g/mol. The second-order valence-electron chi connectivity index (χ2n) is 6.22. The van der Waals surface area contributed by atoms with Crippen LogP contribution in [-0.2, 0) is 4.74 Å². The average Bonchev–Trinajstić information content (AvgIpc) is 2.82. The summed E-state index contributed by atoms with van der Waals surface area (Å²) >= 11 is 0. The first-order valence-corrected chi connectivity index (χ1v) is 7.35. The molecule has 1 N–H and O–H groups in total. The minimum absolute atomic E-state index is 0.0503. The zero-order valence-electron chi connectivity index (χ0n) is 12.0. The number of ether oxygens (including phenoxy) is 1. The molecule has 0 aliphatic heterocycles. The van der Waals surface area contributed by atoms with Crippen LogP contribution in [0, 0.1) is 0 Å². The van der Waals surface area contributed by atoms with Crippen LogP contribution in [0.1, 0.15) is 44.2 Å². The van der Waals surface area contributed by atoms with Crippen molar-refractivity contribution in [1.29, 1.82) is 0 Å². The Bertz CT molecular complexity index is 648. The number of aromatic nitrogens is 3. The van der Waals surface area contributed by atoms with Gasteiger partial charge in [0.15, 0.2) is 5.82 Å². The van der Waals surface area contributed by atoms with E-state index >= 15 is 0 Å². The fourth-order valence-corrected chi connectivity index (χ4v) is 2.90. The maximum Gasteiger partial charge on any atom is 0.152 e. The Kier molecular flexibility index (Phi) is 2.54. The fourth-order valence-electron chi connectivity index (χ4n) is 2.90. The number of hydrogen-bond acceptors (Lipinski definition) is 4. The van der Waals surface area contributed by atoms with Crippen molar-refractivity contribution in [3.05, 3.63) is 24.2 Å². The Morgan fingerprint density at radius 2 is 2.30 bits per heavy atom. The summed E-state index contributed by atoms with van der Waals surface area (Å²) in [5, 5.41) is 8.18. The van der Waals surface area contributed by atoms with Crippen molar-refractivity contribution < 1.29 is 4.74 Å². The van der Waals surface area contributed by atoms with E-state index in [0.717, 1.165) is 17.8 Å². The third-order valence-electron chi connectivity index (χ3n) is 4.90. The lowest BCUT2D eigenvalue weighted by Crippen LogP contribution is -2.19. The van der Waals surface area contributed by atoms with Crippen molar-refractivity contribution in [1.82, 2.24) is 14.6 Å². The number of rotatable bonds is 4. The molecule has 2 heterocycles. The molecule has 5 nitrogen and oxygen atoms in total. The number of nitrogens with zero attached hydrogens (tertiary/aromatic N) is 3. The van der Waals surface area contributed by atoms with Gasteiger partial charge in [0.25, 0.3) is 0 Å². The standard InChI is InChI=1S/C15H20N4O/c1-15(20-2)9-13(15)17-14-12-8-11(10-4-3-5-10)18-19(12)7-6-16-14/h6-8,10,13H,3-5,9H2,1-2H3,(H,16,17)/t13-,15+/m1/s1. The van der Waals surface area contributed by atoms with Crippen LogP contribution in [0.3, 0.4) is 0 Å². The Hall–Kier alpha value is -1.62. The van der Waals surface area contributed by atoms with Crippen molar-refractivity contribution >= 4 is 11.3 Å². The third-order valence-corrected chi connectivity index (χ3v) is 4.90. The zero-order chi connectivity index (χ0) is 13.7. The molecule has 2 aromatic heterocycles. The molecule has 2 aromatic rings. The first-order valence-electron chi connectivity index (χ1n) is 7.35. The molecule has 2 aliphatic carbocycles. The summed E-state index contributed by atoms with van der Waals surface area (Å²) < 4.78 is 7.44. The molecule has 0 radical (unpaired) electrons. The summed E-state index contributed by atoms with van der Waals surface area (Å²) in [6.45, 7) is 2.13. The molecule has 0 aromatic carbocycles. The van der Waals surface area contributed by atoms with Crippen LogP contribution in [0.2, 0.25) is 0 Å². The molecule has 106 valence electrons. The van der Waals surface area contributed by atoms with E-state index in [1.165, 1.54) is 25.0 Å².